The van der Waals surface area contributed by atoms with Gasteiger partial charge in [-0.15, -0.1) is 5.10 Å². The van der Waals surface area contributed by atoms with Gasteiger partial charge in [0.15, 0.2) is 11.5 Å². The van der Waals surface area contributed by atoms with E-state index in [9.17, 15) is 0 Å². The van der Waals surface area contributed by atoms with Crippen molar-refractivity contribution < 1.29 is 9.47 Å². The molecule has 0 radical (unpaired) electrons. The molecule has 0 aliphatic carbocycles. The van der Waals surface area contributed by atoms with Crippen LogP contribution in [0.1, 0.15) is 11.3 Å². The lowest BCUT2D eigenvalue weighted by Crippen LogP contribution is -2.00. The summed E-state index contributed by atoms with van der Waals surface area (Å²) in [6, 6.07) is 5.80. The number of para-hydroxylation sites is 1. The Balaban J connectivity index is 2.17. The van der Waals surface area contributed by atoms with Gasteiger partial charge in [-0.3, -0.25) is 4.68 Å². The topological polar surface area (TPSA) is 49.2 Å². The van der Waals surface area contributed by atoms with Gasteiger partial charge in [0.1, 0.15) is 12.3 Å². The molecule has 1 heterocycles. The van der Waals surface area contributed by atoms with Crippen LogP contribution in [0.4, 0.5) is 0 Å². The Morgan fingerprint density at radius 1 is 1.39 bits per heavy atom. The Morgan fingerprint density at radius 3 is 2.83 bits per heavy atom. The van der Waals surface area contributed by atoms with Crippen molar-refractivity contribution in [2.24, 2.45) is 7.05 Å². The second kappa shape index (κ2) is 5.86. The summed E-state index contributed by atoms with van der Waals surface area (Å²) in [5.74, 6) is 1.46. The Kier molecular flexibility index (Phi) is 4.19. The van der Waals surface area contributed by atoms with Crippen LogP contribution >= 0.6 is 15.9 Å². The molecule has 0 aliphatic heterocycles. The molecule has 0 fully saturated rings. The highest BCUT2D eigenvalue weighted by Gasteiger charge is 2.10. The number of methoxy groups -OCH3 is 1. The Hall–Kier alpha value is -1.56. The van der Waals surface area contributed by atoms with Crippen LogP contribution in [0.2, 0.25) is 0 Å². The molecule has 0 saturated heterocycles. The molecule has 0 aliphatic rings. The smallest absolute Gasteiger partial charge is 0.165 e. The lowest BCUT2D eigenvalue weighted by Gasteiger charge is -2.12. The van der Waals surface area contributed by atoms with Crippen LogP contribution in [0.25, 0.3) is 0 Å². The molecule has 0 unspecified atom stereocenters. The van der Waals surface area contributed by atoms with E-state index in [4.69, 9.17) is 9.47 Å². The van der Waals surface area contributed by atoms with E-state index < -0.39 is 0 Å². The summed E-state index contributed by atoms with van der Waals surface area (Å²) in [6.07, 6.45) is 1.82. The predicted octanol–water partition coefficient (Wildman–Crippen LogP) is 2.30. The average Bonchev–Trinajstić information content (AvgIpc) is 2.81. The zero-order chi connectivity index (χ0) is 13.0. The molecular weight excluding hydrogens is 298 g/mol. The quantitative estimate of drug-likeness (QED) is 0.795. The van der Waals surface area contributed by atoms with Gasteiger partial charge in [0, 0.05) is 17.9 Å². The first-order valence-corrected chi connectivity index (χ1v) is 6.56. The van der Waals surface area contributed by atoms with Crippen molar-refractivity contribution in [3.8, 4) is 11.5 Å². The van der Waals surface area contributed by atoms with Gasteiger partial charge in [-0.25, -0.2) is 0 Å². The van der Waals surface area contributed by atoms with Gasteiger partial charge in [0.05, 0.1) is 13.3 Å². The molecule has 96 valence electrons. The van der Waals surface area contributed by atoms with E-state index in [0.29, 0.717) is 11.9 Å². The van der Waals surface area contributed by atoms with Crippen LogP contribution in [-0.2, 0) is 19.0 Å². The first kappa shape index (κ1) is 12.9. The van der Waals surface area contributed by atoms with Gasteiger partial charge in [-0.1, -0.05) is 33.3 Å². The van der Waals surface area contributed by atoms with Crippen LogP contribution < -0.4 is 9.47 Å². The van der Waals surface area contributed by atoms with Gasteiger partial charge in [0.2, 0.25) is 0 Å². The van der Waals surface area contributed by atoms with Crippen LogP contribution in [-0.4, -0.2) is 22.1 Å². The normalized spacial score (nSPS) is 10.4. The first-order chi connectivity index (χ1) is 8.74. The summed E-state index contributed by atoms with van der Waals surface area (Å²) in [7, 11) is 3.45. The van der Waals surface area contributed by atoms with E-state index in [-0.39, 0.29) is 0 Å². The number of nitrogens with zero attached hydrogens (tertiary/aromatic N) is 3. The SMILES string of the molecule is COc1cccc(CBr)c1OCc1cn(C)nn1. The lowest BCUT2D eigenvalue weighted by molar-refractivity contribution is 0.278. The van der Waals surface area contributed by atoms with Crippen LogP contribution in [0.5, 0.6) is 11.5 Å². The van der Waals surface area contributed by atoms with Crippen molar-refractivity contribution >= 4 is 15.9 Å². The third kappa shape index (κ3) is 2.81. The molecule has 2 rings (SSSR count). The number of hydrogen-bond acceptors (Lipinski definition) is 4. The number of aromatic nitrogens is 3. The van der Waals surface area contributed by atoms with Gasteiger partial charge >= 0.3 is 0 Å². The number of aryl methyl sites for hydroxylation is 1. The van der Waals surface area contributed by atoms with Crippen molar-refractivity contribution in [2.75, 3.05) is 7.11 Å². The van der Waals surface area contributed by atoms with E-state index in [1.165, 1.54) is 0 Å². The summed E-state index contributed by atoms with van der Waals surface area (Å²) in [4.78, 5) is 0. The summed E-state index contributed by atoms with van der Waals surface area (Å²) in [5, 5.41) is 8.55. The largest absolute Gasteiger partial charge is 0.493 e. The fourth-order valence-corrected chi connectivity index (χ4v) is 2.04. The molecule has 0 saturated carbocycles. The summed E-state index contributed by atoms with van der Waals surface area (Å²) in [6.45, 7) is 0.369. The molecule has 5 nitrogen and oxygen atoms in total. The number of benzene rings is 1. The van der Waals surface area contributed by atoms with Crippen LogP contribution in [0.3, 0.4) is 0 Å². The van der Waals surface area contributed by atoms with Gasteiger partial charge in [-0.05, 0) is 6.07 Å². The van der Waals surface area contributed by atoms with Crippen molar-refractivity contribution in [3.05, 3.63) is 35.7 Å². The van der Waals surface area contributed by atoms with Crippen molar-refractivity contribution in [3.63, 3.8) is 0 Å². The monoisotopic (exact) mass is 311 g/mol. The highest BCUT2D eigenvalue weighted by molar-refractivity contribution is 9.08. The third-order valence-electron chi connectivity index (χ3n) is 2.44. The minimum Gasteiger partial charge on any atom is -0.493 e. The minimum absolute atomic E-state index is 0.369. The van der Waals surface area contributed by atoms with E-state index in [1.807, 2.05) is 31.4 Å². The van der Waals surface area contributed by atoms with Gasteiger partial charge in [-0.2, -0.15) is 0 Å². The molecule has 18 heavy (non-hydrogen) atoms. The fraction of sp³-hybridized carbons (Fsp3) is 0.333. The summed E-state index contributed by atoms with van der Waals surface area (Å²) >= 11 is 3.43. The number of ether oxygens (including phenoxy) is 2. The predicted molar refractivity (Wildman–Crippen MR) is 71.0 cm³/mol. The Bertz CT molecular complexity index is 506. The molecular formula is C12H14BrN3O2. The highest BCUT2D eigenvalue weighted by Crippen LogP contribution is 2.32. The second-order valence-electron chi connectivity index (χ2n) is 3.75. The zero-order valence-electron chi connectivity index (χ0n) is 10.3. The molecule has 1 aromatic heterocycles. The van der Waals surface area contributed by atoms with E-state index in [1.54, 1.807) is 11.8 Å². The van der Waals surface area contributed by atoms with Crippen molar-refractivity contribution in [1.82, 2.24) is 15.0 Å². The van der Waals surface area contributed by atoms with E-state index in [0.717, 1.165) is 22.8 Å². The molecule has 6 heteroatoms. The van der Waals surface area contributed by atoms with Gasteiger partial charge in [0.25, 0.3) is 0 Å². The maximum atomic E-state index is 5.78. The zero-order valence-corrected chi connectivity index (χ0v) is 11.8. The van der Waals surface area contributed by atoms with Crippen LogP contribution in [0.15, 0.2) is 24.4 Å². The number of halogens is 1. The van der Waals surface area contributed by atoms with Gasteiger partial charge < -0.3 is 9.47 Å². The molecule has 0 amide bonds. The first-order valence-electron chi connectivity index (χ1n) is 5.44. The van der Waals surface area contributed by atoms with Crippen molar-refractivity contribution in [2.45, 2.75) is 11.9 Å². The third-order valence-corrected chi connectivity index (χ3v) is 3.04. The average molecular weight is 312 g/mol. The number of hydrogen-bond donors (Lipinski definition) is 0. The lowest BCUT2D eigenvalue weighted by atomic mass is 10.2. The number of alkyl halides is 1. The minimum atomic E-state index is 0.369. The Morgan fingerprint density at radius 2 is 2.22 bits per heavy atom. The highest BCUT2D eigenvalue weighted by atomic mass is 79.9. The maximum absolute atomic E-state index is 5.78. The summed E-state index contributed by atoms with van der Waals surface area (Å²) in [5.41, 5.74) is 1.82. The Labute approximate surface area is 114 Å². The molecule has 0 bridgehead atoms. The molecule has 0 atom stereocenters. The van der Waals surface area contributed by atoms with E-state index in [2.05, 4.69) is 26.2 Å². The maximum Gasteiger partial charge on any atom is 0.165 e. The molecule has 0 N–H and O–H groups in total. The van der Waals surface area contributed by atoms with Crippen molar-refractivity contribution in [1.29, 1.82) is 0 Å². The molecule has 2 aromatic rings. The number of rotatable bonds is 5. The standard InChI is InChI=1S/C12H14BrN3O2/c1-16-7-10(14-15-16)8-18-12-9(6-13)4-3-5-11(12)17-2/h3-5,7H,6,8H2,1-2H3. The summed E-state index contributed by atoms with van der Waals surface area (Å²) < 4.78 is 12.7. The molecule has 1 aromatic carbocycles. The second-order valence-corrected chi connectivity index (χ2v) is 4.32. The molecule has 0 spiro atoms. The van der Waals surface area contributed by atoms with E-state index >= 15 is 0 Å². The fourth-order valence-electron chi connectivity index (χ4n) is 1.60. The van der Waals surface area contributed by atoms with Crippen LogP contribution in [0, 0.1) is 0 Å².